The summed E-state index contributed by atoms with van der Waals surface area (Å²) >= 11 is 0. The number of hydrogen-bond acceptors (Lipinski definition) is 2. The van der Waals surface area contributed by atoms with E-state index in [0.717, 1.165) is 31.6 Å². The van der Waals surface area contributed by atoms with Crippen molar-refractivity contribution in [1.82, 2.24) is 10.6 Å². The number of carbonyl (C=O) groups excluding carboxylic acids is 1. The highest BCUT2D eigenvalue weighted by Gasteiger charge is 2.17. The molecule has 4 heteroatoms. The molecule has 3 nitrogen and oxygen atoms in total. The van der Waals surface area contributed by atoms with Crippen molar-refractivity contribution in [2.75, 3.05) is 19.6 Å². The molecule has 0 bridgehead atoms. The van der Waals surface area contributed by atoms with E-state index in [2.05, 4.69) is 41.8 Å². The fourth-order valence-electron chi connectivity index (χ4n) is 3.28. The molecule has 1 fully saturated rings. The zero-order chi connectivity index (χ0) is 15.4. The third kappa shape index (κ3) is 4.04. The van der Waals surface area contributed by atoms with Crippen LogP contribution < -0.4 is 10.6 Å². The number of fused-ring (bicyclic) bond motifs is 1. The highest BCUT2D eigenvalue weighted by atomic mass is 35.5. The molecule has 1 saturated heterocycles. The summed E-state index contributed by atoms with van der Waals surface area (Å²) in [6.07, 6.45) is 3.34. The molecule has 1 aliphatic rings. The predicted molar refractivity (Wildman–Crippen MR) is 98.7 cm³/mol. The Morgan fingerprint density at radius 1 is 1.22 bits per heavy atom. The molecular weight excluding hydrogens is 308 g/mol. The number of halogens is 1. The largest absolute Gasteiger partial charge is 0.352 e. The molecule has 2 aromatic rings. The first-order chi connectivity index (χ1) is 10.8. The van der Waals surface area contributed by atoms with Gasteiger partial charge in [-0.25, -0.2) is 0 Å². The Balaban J connectivity index is 0.00000192. The maximum absolute atomic E-state index is 12.1. The fraction of sp³-hybridized carbons (Fsp3) is 0.421. The zero-order valence-corrected chi connectivity index (χ0v) is 14.4. The molecule has 1 aliphatic heterocycles. The van der Waals surface area contributed by atoms with Crippen LogP contribution in [0.5, 0.6) is 0 Å². The Bertz CT molecular complexity index is 665. The second-order valence-electron chi connectivity index (χ2n) is 6.06. The molecule has 2 N–H and O–H groups in total. The maximum Gasteiger partial charge on any atom is 0.251 e. The van der Waals surface area contributed by atoms with Crippen LogP contribution in [0.1, 0.15) is 48.0 Å². The number of benzene rings is 2. The smallest absolute Gasteiger partial charge is 0.251 e. The average molecular weight is 333 g/mol. The summed E-state index contributed by atoms with van der Waals surface area (Å²) in [5.41, 5.74) is 2.18. The molecule has 2 aromatic carbocycles. The van der Waals surface area contributed by atoms with E-state index in [4.69, 9.17) is 0 Å². The Hall–Kier alpha value is -1.58. The van der Waals surface area contributed by atoms with Crippen LogP contribution >= 0.6 is 12.4 Å². The monoisotopic (exact) mass is 332 g/mol. The van der Waals surface area contributed by atoms with Crippen molar-refractivity contribution >= 4 is 29.1 Å². The number of nitrogens with one attached hydrogen (secondary N) is 2. The van der Waals surface area contributed by atoms with Crippen LogP contribution in [-0.4, -0.2) is 25.5 Å². The van der Waals surface area contributed by atoms with E-state index < -0.39 is 0 Å². The molecule has 0 spiro atoms. The van der Waals surface area contributed by atoms with Gasteiger partial charge < -0.3 is 10.6 Å². The van der Waals surface area contributed by atoms with Crippen LogP contribution in [0.2, 0.25) is 0 Å². The lowest BCUT2D eigenvalue weighted by atomic mass is 9.86. The van der Waals surface area contributed by atoms with E-state index in [0.29, 0.717) is 5.92 Å². The van der Waals surface area contributed by atoms with Crippen molar-refractivity contribution < 1.29 is 4.79 Å². The van der Waals surface area contributed by atoms with Crippen molar-refractivity contribution in [2.24, 2.45) is 0 Å². The Labute approximate surface area is 144 Å². The minimum atomic E-state index is 0. The molecule has 0 saturated carbocycles. The van der Waals surface area contributed by atoms with Crippen LogP contribution in [0.25, 0.3) is 10.8 Å². The Kier molecular flexibility index (Phi) is 6.43. The van der Waals surface area contributed by atoms with Crippen molar-refractivity contribution in [3.63, 3.8) is 0 Å². The summed E-state index contributed by atoms with van der Waals surface area (Å²) in [7, 11) is 0. The van der Waals surface area contributed by atoms with Gasteiger partial charge in [0.05, 0.1) is 0 Å². The predicted octanol–water partition coefficient (Wildman–Crippen LogP) is 3.87. The first-order valence-corrected chi connectivity index (χ1v) is 8.31. The lowest BCUT2D eigenvalue weighted by Crippen LogP contribution is -2.26. The minimum absolute atomic E-state index is 0. The molecule has 1 amide bonds. The van der Waals surface area contributed by atoms with Gasteiger partial charge in [-0.05, 0) is 66.7 Å². The summed E-state index contributed by atoms with van der Waals surface area (Å²) in [6.45, 7) is 4.98. The van der Waals surface area contributed by atoms with Gasteiger partial charge in [-0.2, -0.15) is 0 Å². The van der Waals surface area contributed by atoms with E-state index >= 15 is 0 Å². The first-order valence-electron chi connectivity index (χ1n) is 8.31. The van der Waals surface area contributed by atoms with Crippen molar-refractivity contribution in [3.8, 4) is 0 Å². The topological polar surface area (TPSA) is 41.1 Å². The highest BCUT2D eigenvalue weighted by Crippen LogP contribution is 2.31. The Morgan fingerprint density at radius 2 is 2.00 bits per heavy atom. The van der Waals surface area contributed by atoms with Gasteiger partial charge in [0.15, 0.2) is 0 Å². The van der Waals surface area contributed by atoms with Crippen LogP contribution in [0.3, 0.4) is 0 Å². The van der Waals surface area contributed by atoms with Gasteiger partial charge in [-0.15, -0.1) is 12.4 Å². The van der Waals surface area contributed by atoms with E-state index in [1.165, 1.54) is 29.2 Å². The van der Waals surface area contributed by atoms with Crippen molar-refractivity contribution in [2.45, 2.75) is 32.1 Å². The number of hydrogen-bond donors (Lipinski definition) is 2. The van der Waals surface area contributed by atoms with Crippen LogP contribution in [-0.2, 0) is 0 Å². The summed E-state index contributed by atoms with van der Waals surface area (Å²) in [5, 5.41) is 8.83. The molecule has 0 radical (unpaired) electrons. The van der Waals surface area contributed by atoms with Gasteiger partial charge in [-0.3, -0.25) is 4.79 Å². The third-order valence-corrected chi connectivity index (χ3v) is 4.49. The van der Waals surface area contributed by atoms with Gasteiger partial charge in [0, 0.05) is 12.1 Å². The molecule has 0 aliphatic carbocycles. The quantitative estimate of drug-likeness (QED) is 0.892. The van der Waals surface area contributed by atoms with Crippen molar-refractivity contribution in [1.29, 1.82) is 0 Å². The van der Waals surface area contributed by atoms with E-state index in [1.807, 2.05) is 12.1 Å². The first kappa shape index (κ1) is 17.8. The maximum atomic E-state index is 12.1. The molecule has 124 valence electrons. The lowest BCUT2D eigenvalue weighted by Gasteiger charge is -2.24. The summed E-state index contributed by atoms with van der Waals surface area (Å²) in [6, 6.07) is 12.6. The third-order valence-electron chi connectivity index (χ3n) is 4.49. The van der Waals surface area contributed by atoms with Gasteiger partial charge in [0.25, 0.3) is 5.91 Å². The van der Waals surface area contributed by atoms with Gasteiger partial charge in [0.2, 0.25) is 0 Å². The zero-order valence-electron chi connectivity index (χ0n) is 13.6. The summed E-state index contributed by atoms with van der Waals surface area (Å²) in [5.74, 6) is 0.653. The summed E-state index contributed by atoms with van der Waals surface area (Å²) in [4.78, 5) is 12.1. The number of amides is 1. The molecule has 23 heavy (non-hydrogen) atoms. The molecular formula is C19H25ClN2O. The molecule has 1 heterocycles. The van der Waals surface area contributed by atoms with E-state index in [9.17, 15) is 4.79 Å². The average Bonchev–Trinajstić information content (AvgIpc) is 2.59. The standard InChI is InChI=1S/C19H24N2O.ClH/c1-2-10-21-19(22)16-6-7-18-15(13-16)4-3-5-17(18)14-8-11-20-12-9-14;/h3-7,13-14,20H,2,8-12H2,1H3,(H,21,22);1H. The minimum Gasteiger partial charge on any atom is -0.352 e. The van der Waals surface area contributed by atoms with E-state index in [-0.39, 0.29) is 18.3 Å². The Morgan fingerprint density at radius 3 is 2.74 bits per heavy atom. The second-order valence-corrected chi connectivity index (χ2v) is 6.06. The lowest BCUT2D eigenvalue weighted by molar-refractivity contribution is 0.0954. The van der Waals surface area contributed by atoms with E-state index in [1.54, 1.807) is 0 Å². The number of carbonyl (C=O) groups is 1. The number of piperidine rings is 1. The van der Waals surface area contributed by atoms with Gasteiger partial charge in [0.1, 0.15) is 0 Å². The SMILES string of the molecule is CCCNC(=O)c1ccc2c(C3CCNCC3)cccc2c1.Cl. The molecule has 3 rings (SSSR count). The van der Waals surface area contributed by atoms with Crippen LogP contribution in [0.15, 0.2) is 36.4 Å². The molecule has 0 atom stereocenters. The van der Waals surface area contributed by atoms with Gasteiger partial charge >= 0.3 is 0 Å². The second kappa shape index (κ2) is 8.32. The normalized spacial score (nSPS) is 15.2. The van der Waals surface area contributed by atoms with Crippen LogP contribution in [0, 0.1) is 0 Å². The molecule has 0 unspecified atom stereocenters. The highest BCUT2D eigenvalue weighted by molar-refractivity contribution is 5.99. The molecule has 0 aromatic heterocycles. The van der Waals surface area contributed by atoms with Gasteiger partial charge in [-0.1, -0.05) is 31.2 Å². The van der Waals surface area contributed by atoms with Crippen LogP contribution in [0.4, 0.5) is 0 Å². The van der Waals surface area contributed by atoms with Crippen molar-refractivity contribution in [3.05, 3.63) is 47.5 Å². The summed E-state index contributed by atoms with van der Waals surface area (Å²) < 4.78 is 0. The number of rotatable bonds is 4. The fourth-order valence-corrected chi connectivity index (χ4v) is 3.28.